The van der Waals surface area contributed by atoms with Crippen molar-refractivity contribution in [1.82, 2.24) is 0 Å². The Morgan fingerprint density at radius 3 is 2.58 bits per heavy atom. The van der Waals surface area contributed by atoms with Crippen LogP contribution in [0.5, 0.6) is 0 Å². The van der Waals surface area contributed by atoms with Crippen molar-refractivity contribution in [1.29, 1.82) is 0 Å². The number of hydrogen-bond donors (Lipinski definition) is 2. The van der Waals surface area contributed by atoms with Crippen LogP contribution in [0.3, 0.4) is 0 Å². The Morgan fingerprint density at radius 1 is 1.37 bits per heavy atom. The summed E-state index contributed by atoms with van der Waals surface area (Å²) >= 11 is 0. The van der Waals surface area contributed by atoms with E-state index in [1.54, 1.807) is 25.2 Å². The molecule has 1 aromatic rings. The normalized spacial score (nSPS) is 11.9. The minimum Gasteiger partial charge on any atom is -0.478 e. The Kier molecular flexibility index (Phi) is 5.51. The molecule has 0 heterocycles. The number of nitrogens with zero attached hydrogens (tertiary/aromatic N) is 1. The number of anilines is 1. The van der Waals surface area contributed by atoms with E-state index in [1.807, 2.05) is 6.92 Å². The van der Waals surface area contributed by atoms with Crippen molar-refractivity contribution < 1.29 is 14.7 Å². The van der Waals surface area contributed by atoms with Gasteiger partial charge in [-0.05, 0) is 31.0 Å². The van der Waals surface area contributed by atoms with Gasteiger partial charge in [0.15, 0.2) is 0 Å². The molecule has 3 N–H and O–H groups in total. The molecular formula is C14H20N2O3. The van der Waals surface area contributed by atoms with Gasteiger partial charge in [-0.2, -0.15) is 0 Å². The lowest BCUT2D eigenvalue weighted by Gasteiger charge is -2.20. The molecule has 1 aromatic carbocycles. The third-order valence-electron chi connectivity index (χ3n) is 3.12. The fraction of sp³-hybridized carbons (Fsp3) is 0.429. The monoisotopic (exact) mass is 264 g/mol. The number of carboxylic acid groups (broad SMARTS) is 1. The van der Waals surface area contributed by atoms with E-state index >= 15 is 0 Å². The summed E-state index contributed by atoms with van der Waals surface area (Å²) in [5.74, 6) is -0.855. The lowest BCUT2D eigenvalue weighted by Crippen LogP contribution is -2.28. The number of carbonyl (C=O) groups is 2. The van der Waals surface area contributed by atoms with E-state index in [1.165, 1.54) is 11.0 Å². The van der Waals surface area contributed by atoms with Gasteiger partial charge < -0.3 is 15.7 Å². The van der Waals surface area contributed by atoms with Gasteiger partial charge in [0.2, 0.25) is 5.91 Å². The van der Waals surface area contributed by atoms with Crippen LogP contribution in [0.2, 0.25) is 0 Å². The van der Waals surface area contributed by atoms with Crippen LogP contribution in [0.1, 0.15) is 30.1 Å². The minimum absolute atomic E-state index is 0.103. The SMILES string of the molecule is CC(CN)CCC(=O)N(C)c1ccccc1C(=O)O. The third-order valence-corrected chi connectivity index (χ3v) is 3.12. The topological polar surface area (TPSA) is 83.6 Å². The van der Waals surface area contributed by atoms with Crippen LogP contribution in [0.15, 0.2) is 24.3 Å². The summed E-state index contributed by atoms with van der Waals surface area (Å²) in [5.41, 5.74) is 6.05. The Bertz CT molecular complexity index is 460. The summed E-state index contributed by atoms with van der Waals surface area (Å²) < 4.78 is 0. The number of nitrogens with two attached hydrogens (primary N) is 1. The summed E-state index contributed by atoms with van der Waals surface area (Å²) in [6.07, 6.45) is 1.07. The number of carboxylic acids is 1. The molecule has 0 aromatic heterocycles. The van der Waals surface area contributed by atoms with Crippen LogP contribution >= 0.6 is 0 Å². The standard InChI is InChI=1S/C14H20N2O3/c1-10(9-15)7-8-13(17)16(2)12-6-4-3-5-11(12)14(18)19/h3-6,10H,7-9,15H2,1-2H3,(H,18,19). The predicted molar refractivity (Wildman–Crippen MR) is 74.3 cm³/mol. The van der Waals surface area contributed by atoms with Crippen LogP contribution in [-0.2, 0) is 4.79 Å². The van der Waals surface area contributed by atoms with Gasteiger partial charge in [-0.15, -0.1) is 0 Å². The molecule has 1 amide bonds. The highest BCUT2D eigenvalue weighted by atomic mass is 16.4. The molecule has 0 aliphatic rings. The van der Waals surface area contributed by atoms with Crippen molar-refractivity contribution >= 4 is 17.6 Å². The molecule has 0 spiro atoms. The van der Waals surface area contributed by atoms with E-state index in [0.29, 0.717) is 25.1 Å². The highest BCUT2D eigenvalue weighted by molar-refractivity contribution is 6.01. The highest BCUT2D eigenvalue weighted by Crippen LogP contribution is 2.20. The van der Waals surface area contributed by atoms with E-state index < -0.39 is 5.97 Å². The maximum atomic E-state index is 12.0. The molecule has 1 atom stereocenters. The van der Waals surface area contributed by atoms with Gasteiger partial charge in [-0.3, -0.25) is 4.79 Å². The molecule has 0 fully saturated rings. The molecule has 1 rings (SSSR count). The van der Waals surface area contributed by atoms with Gasteiger partial charge in [0, 0.05) is 13.5 Å². The molecule has 1 unspecified atom stereocenters. The molecule has 5 heteroatoms. The zero-order valence-electron chi connectivity index (χ0n) is 11.3. The second-order valence-electron chi connectivity index (χ2n) is 4.65. The molecular weight excluding hydrogens is 244 g/mol. The fourth-order valence-corrected chi connectivity index (χ4v) is 1.74. The first-order valence-electron chi connectivity index (χ1n) is 6.26. The van der Waals surface area contributed by atoms with Crippen molar-refractivity contribution in [3.05, 3.63) is 29.8 Å². The molecule has 0 aliphatic heterocycles. The number of para-hydroxylation sites is 1. The number of benzene rings is 1. The third kappa shape index (κ3) is 4.06. The Labute approximate surface area is 113 Å². The number of rotatable bonds is 6. The average molecular weight is 264 g/mol. The van der Waals surface area contributed by atoms with E-state index in [0.717, 1.165) is 0 Å². The quantitative estimate of drug-likeness (QED) is 0.819. The van der Waals surface area contributed by atoms with Crippen molar-refractivity contribution in [2.24, 2.45) is 11.7 Å². The first-order valence-corrected chi connectivity index (χ1v) is 6.26. The molecule has 19 heavy (non-hydrogen) atoms. The van der Waals surface area contributed by atoms with E-state index in [9.17, 15) is 9.59 Å². The fourth-order valence-electron chi connectivity index (χ4n) is 1.74. The van der Waals surface area contributed by atoms with Gasteiger partial charge in [-0.25, -0.2) is 4.79 Å². The van der Waals surface area contributed by atoms with Crippen LogP contribution < -0.4 is 10.6 Å². The second-order valence-corrected chi connectivity index (χ2v) is 4.65. The van der Waals surface area contributed by atoms with Gasteiger partial charge >= 0.3 is 5.97 Å². The summed E-state index contributed by atoms with van der Waals surface area (Å²) in [7, 11) is 1.59. The average Bonchev–Trinajstić information content (AvgIpc) is 2.43. The first-order chi connectivity index (χ1) is 8.97. The second kappa shape index (κ2) is 6.89. The molecule has 104 valence electrons. The first kappa shape index (κ1) is 15.2. The highest BCUT2D eigenvalue weighted by Gasteiger charge is 2.17. The van der Waals surface area contributed by atoms with Crippen molar-refractivity contribution in [3.63, 3.8) is 0 Å². The van der Waals surface area contributed by atoms with Gasteiger partial charge in [-0.1, -0.05) is 19.1 Å². The summed E-state index contributed by atoms with van der Waals surface area (Å²) in [4.78, 5) is 24.5. The maximum Gasteiger partial charge on any atom is 0.337 e. The Balaban J connectivity index is 2.80. The van der Waals surface area contributed by atoms with Crippen molar-refractivity contribution in [2.45, 2.75) is 19.8 Å². The van der Waals surface area contributed by atoms with Crippen LogP contribution in [-0.4, -0.2) is 30.6 Å². The van der Waals surface area contributed by atoms with Crippen LogP contribution in [0.25, 0.3) is 0 Å². The van der Waals surface area contributed by atoms with Gasteiger partial charge in [0.25, 0.3) is 0 Å². The van der Waals surface area contributed by atoms with E-state index in [2.05, 4.69) is 0 Å². The number of amides is 1. The van der Waals surface area contributed by atoms with Crippen LogP contribution in [0.4, 0.5) is 5.69 Å². The van der Waals surface area contributed by atoms with Gasteiger partial charge in [0.05, 0.1) is 11.3 Å². The zero-order chi connectivity index (χ0) is 14.4. The predicted octanol–water partition coefficient (Wildman–Crippen LogP) is 1.72. The van der Waals surface area contributed by atoms with Crippen molar-refractivity contribution in [3.8, 4) is 0 Å². The molecule has 0 saturated heterocycles. The molecule has 0 aliphatic carbocycles. The Hall–Kier alpha value is -1.88. The summed E-state index contributed by atoms with van der Waals surface area (Å²) in [5, 5.41) is 9.10. The minimum atomic E-state index is -1.04. The number of aromatic carboxylic acids is 1. The number of carbonyl (C=O) groups excluding carboxylic acids is 1. The van der Waals surface area contributed by atoms with Crippen molar-refractivity contribution in [2.75, 3.05) is 18.5 Å². The molecule has 0 radical (unpaired) electrons. The van der Waals surface area contributed by atoms with E-state index in [4.69, 9.17) is 10.8 Å². The number of hydrogen-bond acceptors (Lipinski definition) is 3. The maximum absolute atomic E-state index is 12.0. The summed E-state index contributed by atoms with van der Waals surface area (Å²) in [6.45, 7) is 2.53. The van der Waals surface area contributed by atoms with Crippen LogP contribution in [0, 0.1) is 5.92 Å². The zero-order valence-corrected chi connectivity index (χ0v) is 11.3. The molecule has 0 saturated carbocycles. The van der Waals surface area contributed by atoms with E-state index in [-0.39, 0.29) is 17.4 Å². The van der Waals surface area contributed by atoms with Gasteiger partial charge in [0.1, 0.15) is 0 Å². The molecule has 0 bridgehead atoms. The lowest BCUT2D eigenvalue weighted by atomic mass is 10.1. The summed E-state index contributed by atoms with van der Waals surface area (Å²) in [6, 6.07) is 6.48. The lowest BCUT2D eigenvalue weighted by molar-refractivity contribution is -0.118. The Morgan fingerprint density at radius 2 is 2.00 bits per heavy atom. The largest absolute Gasteiger partial charge is 0.478 e. The smallest absolute Gasteiger partial charge is 0.337 e. The molecule has 5 nitrogen and oxygen atoms in total.